The number of aliphatic imine (C=N–C) groups is 1. The predicted molar refractivity (Wildman–Crippen MR) is 171 cm³/mol. The molecule has 0 bridgehead atoms. The van der Waals surface area contributed by atoms with Crippen LogP contribution in [0.4, 0.5) is 0 Å². The summed E-state index contributed by atoms with van der Waals surface area (Å²) < 4.78 is 0. The molecule has 1 rings (SSSR count). The van der Waals surface area contributed by atoms with Crippen LogP contribution in [0.1, 0.15) is 52.9 Å². The van der Waals surface area contributed by atoms with Crippen molar-refractivity contribution in [3.8, 4) is 0 Å². The van der Waals surface area contributed by atoms with Gasteiger partial charge in [0.1, 0.15) is 30.2 Å². The number of nitrogens with zero attached hydrogens (tertiary/aromatic N) is 2. The topological polar surface area (TPSA) is 311 Å². The lowest BCUT2D eigenvalue weighted by Crippen LogP contribution is -2.58. The van der Waals surface area contributed by atoms with Gasteiger partial charge in [0.05, 0.1) is 13.0 Å². The Bertz CT molecular complexity index is 1210. The Balaban J connectivity index is 2.83. The zero-order valence-electron chi connectivity index (χ0n) is 26.6. The molecule has 264 valence electrons. The van der Waals surface area contributed by atoms with E-state index in [1.54, 1.807) is 13.8 Å². The number of carbonyl (C=O) groups excluding carboxylic acids is 7. The molecule has 0 aromatic rings. The fraction of sp³-hybridized carbons (Fsp3) is 0.667. The lowest BCUT2D eigenvalue weighted by Gasteiger charge is -2.31. The molecule has 20 heteroatoms. The molecular weight excluding hydrogens is 640 g/mol. The van der Waals surface area contributed by atoms with E-state index in [1.807, 2.05) is 0 Å². The van der Waals surface area contributed by atoms with Crippen molar-refractivity contribution in [1.82, 2.24) is 31.5 Å². The van der Waals surface area contributed by atoms with Crippen molar-refractivity contribution in [2.75, 3.05) is 25.4 Å². The van der Waals surface area contributed by atoms with E-state index in [-0.39, 0.29) is 37.6 Å². The molecule has 1 aliphatic rings. The second-order valence-corrected chi connectivity index (χ2v) is 11.6. The van der Waals surface area contributed by atoms with E-state index in [4.69, 9.17) is 17.2 Å². The summed E-state index contributed by atoms with van der Waals surface area (Å²) in [5, 5.41) is 21.5. The first-order valence-electron chi connectivity index (χ1n) is 14.9. The third-order valence-corrected chi connectivity index (χ3v) is 7.35. The van der Waals surface area contributed by atoms with Crippen LogP contribution in [0.5, 0.6) is 0 Å². The number of nitrogens with one attached hydrogen (secondary N) is 5. The quantitative estimate of drug-likeness (QED) is 0.0268. The monoisotopic (exact) mass is 686 g/mol. The zero-order valence-corrected chi connectivity index (χ0v) is 27.5. The van der Waals surface area contributed by atoms with Crippen LogP contribution in [-0.4, -0.2) is 119 Å². The number of amides is 7. The number of primary amides is 1. The van der Waals surface area contributed by atoms with Gasteiger partial charge in [-0.2, -0.15) is 12.6 Å². The first-order valence-corrected chi connectivity index (χ1v) is 15.5. The fourth-order valence-corrected chi connectivity index (χ4v) is 4.92. The van der Waals surface area contributed by atoms with Crippen LogP contribution in [0.25, 0.3) is 0 Å². The van der Waals surface area contributed by atoms with Gasteiger partial charge in [0.15, 0.2) is 5.96 Å². The van der Waals surface area contributed by atoms with Crippen molar-refractivity contribution in [3.05, 3.63) is 0 Å². The van der Waals surface area contributed by atoms with Gasteiger partial charge in [-0.25, -0.2) is 4.79 Å². The van der Waals surface area contributed by atoms with Crippen molar-refractivity contribution in [3.63, 3.8) is 0 Å². The Morgan fingerprint density at radius 3 is 2.13 bits per heavy atom. The number of likely N-dealkylation sites (tertiary alicyclic amines) is 1. The third-order valence-electron chi connectivity index (χ3n) is 6.99. The molecular formula is C27H46N10O9S. The molecule has 0 radical (unpaired) electrons. The van der Waals surface area contributed by atoms with Crippen LogP contribution in [0, 0.1) is 5.92 Å². The molecule has 0 aromatic carbocycles. The van der Waals surface area contributed by atoms with Gasteiger partial charge in [0.25, 0.3) is 0 Å². The molecule has 19 nitrogen and oxygen atoms in total. The van der Waals surface area contributed by atoms with Gasteiger partial charge in [-0.1, -0.05) is 13.8 Å². The van der Waals surface area contributed by atoms with E-state index in [2.05, 4.69) is 44.2 Å². The molecule has 1 heterocycles. The van der Waals surface area contributed by atoms with Crippen LogP contribution in [0.3, 0.4) is 0 Å². The molecule has 47 heavy (non-hydrogen) atoms. The van der Waals surface area contributed by atoms with Crippen LogP contribution < -0.4 is 43.8 Å². The number of carboxylic acid groups (broad SMARTS) is 1. The van der Waals surface area contributed by atoms with E-state index < -0.39 is 96.4 Å². The number of aliphatic carboxylic acids is 1. The van der Waals surface area contributed by atoms with E-state index in [0.29, 0.717) is 12.8 Å². The van der Waals surface area contributed by atoms with Crippen LogP contribution in [0.2, 0.25) is 0 Å². The van der Waals surface area contributed by atoms with Gasteiger partial charge in [-0.3, -0.25) is 38.6 Å². The largest absolute Gasteiger partial charge is 0.480 e. The molecule has 0 spiro atoms. The average Bonchev–Trinajstić information content (AvgIpc) is 3.47. The summed E-state index contributed by atoms with van der Waals surface area (Å²) in [6.45, 7) is 4.36. The summed E-state index contributed by atoms with van der Waals surface area (Å²) in [4.78, 5) is 104. The molecule has 0 unspecified atom stereocenters. The summed E-state index contributed by atoms with van der Waals surface area (Å²) in [7, 11) is 0. The Hall–Kier alpha value is -4.62. The van der Waals surface area contributed by atoms with Crippen LogP contribution >= 0.6 is 12.6 Å². The fourth-order valence-electron chi connectivity index (χ4n) is 4.66. The summed E-state index contributed by atoms with van der Waals surface area (Å²) in [5.41, 5.74) is 15.6. The molecule has 1 saturated heterocycles. The highest BCUT2D eigenvalue weighted by molar-refractivity contribution is 7.80. The van der Waals surface area contributed by atoms with Gasteiger partial charge in [0, 0.05) is 25.8 Å². The van der Waals surface area contributed by atoms with Gasteiger partial charge in [-0.05, 0) is 31.6 Å². The first kappa shape index (κ1) is 40.4. The highest BCUT2D eigenvalue weighted by Gasteiger charge is 2.40. The Labute approximate surface area is 277 Å². The Morgan fingerprint density at radius 1 is 0.936 bits per heavy atom. The van der Waals surface area contributed by atoms with Crippen molar-refractivity contribution in [2.24, 2.45) is 28.1 Å². The summed E-state index contributed by atoms with van der Waals surface area (Å²) in [5.74, 6) is -7.11. The first-order chi connectivity index (χ1) is 22.0. The lowest BCUT2D eigenvalue weighted by molar-refractivity contribution is -0.146. The normalized spacial score (nSPS) is 16.5. The summed E-state index contributed by atoms with van der Waals surface area (Å²) in [6, 6.07) is -5.88. The maximum absolute atomic E-state index is 13.5. The second-order valence-electron chi connectivity index (χ2n) is 11.2. The predicted octanol–water partition coefficient (Wildman–Crippen LogP) is -4.35. The van der Waals surface area contributed by atoms with Crippen molar-refractivity contribution < 1.29 is 43.5 Å². The standard InChI is InChI=1S/C27H46N10O9S/c1-13(2)21(25(44)37-9-5-7-18(37)24(43)34-16(26(45)46)10-19(28)39)36-20(40)11-32-22(41)17(12-47)35-23(42)15(33-14(3)38)6-4-8-31-27(29)30/h13,15-18,21,47H,4-12H2,1-3H3,(H2,28,39)(H,32,41)(H,33,38)(H,34,43)(H,35,42)(H,36,40)(H,45,46)(H4,29,30,31)/t15-,16+,17-,18+,21+/m1/s1. The highest BCUT2D eigenvalue weighted by Crippen LogP contribution is 2.21. The maximum Gasteiger partial charge on any atom is 0.326 e. The van der Waals surface area contributed by atoms with Gasteiger partial charge in [0.2, 0.25) is 41.4 Å². The number of hydrogen-bond acceptors (Lipinski definition) is 10. The minimum absolute atomic E-state index is 0.123. The average molecular weight is 687 g/mol. The van der Waals surface area contributed by atoms with Gasteiger partial charge >= 0.3 is 5.97 Å². The number of carbonyl (C=O) groups is 8. The number of carboxylic acids is 1. The van der Waals surface area contributed by atoms with E-state index in [0.717, 1.165) is 0 Å². The van der Waals surface area contributed by atoms with Crippen molar-refractivity contribution in [2.45, 2.75) is 83.1 Å². The molecule has 1 aliphatic heterocycles. The van der Waals surface area contributed by atoms with Crippen molar-refractivity contribution >= 4 is 65.9 Å². The minimum atomic E-state index is -1.57. The lowest BCUT2D eigenvalue weighted by atomic mass is 10.0. The minimum Gasteiger partial charge on any atom is -0.480 e. The number of nitrogens with two attached hydrogens (primary N) is 3. The van der Waals surface area contributed by atoms with Crippen molar-refractivity contribution in [1.29, 1.82) is 0 Å². The molecule has 5 atom stereocenters. The molecule has 0 aliphatic carbocycles. The smallest absolute Gasteiger partial charge is 0.326 e. The van der Waals surface area contributed by atoms with Gasteiger partial charge in [-0.15, -0.1) is 0 Å². The third kappa shape index (κ3) is 14.1. The maximum atomic E-state index is 13.5. The number of rotatable bonds is 19. The molecule has 1 fully saturated rings. The molecule has 7 amide bonds. The van der Waals surface area contributed by atoms with E-state index >= 15 is 0 Å². The molecule has 0 aromatic heterocycles. The second kappa shape index (κ2) is 19.8. The number of guanidine groups is 1. The Morgan fingerprint density at radius 2 is 1.60 bits per heavy atom. The summed E-state index contributed by atoms with van der Waals surface area (Å²) >= 11 is 4.11. The van der Waals surface area contributed by atoms with Crippen LogP contribution in [-0.2, 0) is 38.4 Å². The van der Waals surface area contributed by atoms with E-state index in [9.17, 15) is 43.5 Å². The summed E-state index contributed by atoms with van der Waals surface area (Å²) in [6.07, 6.45) is 0.549. The number of hydrogen-bond donors (Lipinski definition) is 10. The highest BCUT2D eigenvalue weighted by atomic mass is 32.1. The zero-order chi connectivity index (χ0) is 35.8. The van der Waals surface area contributed by atoms with Crippen LogP contribution in [0.15, 0.2) is 4.99 Å². The molecule has 12 N–H and O–H groups in total. The van der Waals surface area contributed by atoms with E-state index in [1.165, 1.54) is 11.8 Å². The SMILES string of the molecule is CC(=O)N[C@H](CCCN=C(N)N)C(=O)N[C@H](CS)C(=O)NCC(=O)N[C@H](C(=O)N1CCC[C@H]1C(=O)N[C@@H](CC(N)=O)C(=O)O)C(C)C. The number of thiol groups is 1. The molecule has 0 saturated carbocycles. The Kier molecular flexibility index (Phi) is 17.0. The van der Waals surface area contributed by atoms with Gasteiger partial charge < -0.3 is 53.8 Å².